The van der Waals surface area contributed by atoms with Gasteiger partial charge in [0.25, 0.3) is 0 Å². The van der Waals surface area contributed by atoms with Gasteiger partial charge in [-0.3, -0.25) is 0 Å². The van der Waals surface area contributed by atoms with Gasteiger partial charge < -0.3 is 5.32 Å². The second kappa shape index (κ2) is 5.98. The molecular weight excluding hydrogens is 176 g/mol. The zero-order valence-corrected chi connectivity index (χ0v) is 8.02. The maximum atomic E-state index is 10.6. The molecule has 0 radical (unpaired) electrons. The number of rotatable bonds is 6. The van der Waals surface area contributed by atoms with Crippen LogP contribution in [0.5, 0.6) is 0 Å². The molecule has 0 aromatic heterocycles. The number of sulfone groups is 1. The van der Waals surface area contributed by atoms with Crippen molar-refractivity contribution in [1.82, 2.24) is 5.32 Å². The van der Waals surface area contributed by atoms with Gasteiger partial charge in [0.15, 0.2) is 0 Å². The summed E-state index contributed by atoms with van der Waals surface area (Å²) in [7, 11) is -2.82. The second-order valence-electron chi connectivity index (χ2n) is 2.64. The van der Waals surface area contributed by atoms with Crippen LogP contribution in [0.2, 0.25) is 0 Å². The molecule has 0 bridgehead atoms. The minimum atomic E-state index is -2.82. The minimum absolute atomic E-state index is 0.215. The summed E-state index contributed by atoms with van der Waals surface area (Å²) in [6, 6.07) is 1.99. The molecule has 0 unspecified atom stereocenters. The van der Waals surface area contributed by atoms with E-state index in [4.69, 9.17) is 5.26 Å². The fourth-order valence-corrected chi connectivity index (χ4v) is 1.40. The van der Waals surface area contributed by atoms with Crippen LogP contribution in [0.3, 0.4) is 0 Å². The maximum Gasteiger partial charge on any atom is 0.147 e. The molecule has 0 atom stereocenters. The summed E-state index contributed by atoms with van der Waals surface area (Å²) in [6.45, 7) is 1.30. The number of nitrogens with one attached hydrogen (secondary N) is 1. The molecule has 5 heteroatoms. The summed E-state index contributed by atoms with van der Waals surface area (Å²) >= 11 is 0. The van der Waals surface area contributed by atoms with Crippen LogP contribution in [0.25, 0.3) is 0 Å². The quantitative estimate of drug-likeness (QED) is 0.595. The molecule has 1 N–H and O–H groups in total. The van der Waals surface area contributed by atoms with Crippen molar-refractivity contribution in [3.63, 3.8) is 0 Å². The first-order chi connectivity index (χ1) is 5.56. The van der Waals surface area contributed by atoms with Gasteiger partial charge >= 0.3 is 0 Å². The average molecular weight is 190 g/mol. The fourth-order valence-electron chi connectivity index (χ4n) is 0.729. The molecule has 0 aliphatic rings. The van der Waals surface area contributed by atoms with Gasteiger partial charge in [0, 0.05) is 19.2 Å². The highest BCUT2D eigenvalue weighted by Crippen LogP contribution is 1.86. The molecule has 0 fully saturated rings. The van der Waals surface area contributed by atoms with Crippen molar-refractivity contribution in [3.05, 3.63) is 0 Å². The Morgan fingerprint density at radius 3 is 2.58 bits per heavy atom. The van der Waals surface area contributed by atoms with Gasteiger partial charge in [0.05, 0.1) is 11.8 Å². The largest absolute Gasteiger partial charge is 0.316 e. The van der Waals surface area contributed by atoms with Crippen LogP contribution in [-0.4, -0.2) is 33.5 Å². The van der Waals surface area contributed by atoms with Crippen LogP contribution in [-0.2, 0) is 9.84 Å². The van der Waals surface area contributed by atoms with Crippen molar-refractivity contribution in [3.8, 4) is 6.07 Å². The van der Waals surface area contributed by atoms with Gasteiger partial charge in [0.2, 0.25) is 0 Å². The van der Waals surface area contributed by atoms with Gasteiger partial charge in [-0.25, -0.2) is 8.42 Å². The van der Waals surface area contributed by atoms with Gasteiger partial charge in [0.1, 0.15) is 9.84 Å². The summed E-state index contributed by atoms with van der Waals surface area (Å²) in [5.41, 5.74) is 0. The first-order valence-corrected chi connectivity index (χ1v) is 5.88. The smallest absolute Gasteiger partial charge is 0.147 e. The summed E-state index contributed by atoms with van der Waals surface area (Å²) in [5.74, 6) is 0.215. The molecule has 0 spiro atoms. The molecule has 70 valence electrons. The predicted octanol–water partition coefficient (Wildman–Crippen LogP) is -0.0756. The lowest BCUT2D eigenvalue weighted by atomic mass is 10.4. The lowest BCUT2D eigenvalue weighted by Crippen LogP contribution is -2.18. The summed E-state index contributed by atoms with van der Waals surface area (Å²) < 4.78 is 21.3. The maximum absolute atomic E-state index is 10.6. The number of hydrogen-bond donors (Lipinski definition) is 1. The van der Waals surface area contributed by atoms with Crippen molar-refractivity contribution >= 4 is 9.84 Å². The average Bonchev–Trinajstić information content (AvgIpc) is 1.94. The van der Waals surface area contributed by atoms with Crippen LogP contribution >= 0.6 is 0 Å². The first-order valence-electron chi connectivity index (χ1n) is 3.81. The van der Waals surface area contributed by atoms with E-state index in [2.05, 4.69) is 5.32 Å². The SMILES string of the molecule is CS(=O)(=O)CCCNCCC#N. The highest BCUT2D eigenvalue weighted by Gasteiger charge is 1.99. The Morgan fingerprint density at radius 1 is 1.42 bits per heavy atom. The van der Waals surface area contributed by atoms with E-state index in [1.54, 1.807) is 0 Å². The van der Waals surface area contributed by atoms with Crippen molar-refractivity contribution in [2.45, 2.75) is 12.8 Å². The van der Waals surface area contributed by atoms with Crippen molar-refractivity contribution in [2.75, 3.05) is 25.1 Å². The molecule has 12 heavy (non-hydrogen) atoms. The van der Waals surface area contributed by atoms with Crippen LogP contribution < -0.4 is 5.32 Å². The minimum Gasteiger partial charge on any atom is -0.316 e. The Kier molecular flexibility index (Phi) is 5.68. The topological polar surface area (TPSA) is 70.0 Å². The molecule has 0 aromatic rings. The van der Waals surface area contributed by atoms with E-state index in [1.165, 1.54) is 6.26 Å². The third kappa shape index (κ3) is 9.40. The van der Waals surface area contributed by atoms with Gasteiger partial charge in [-0.2, -0.15) is 5.26 Å². The Balaban J connectivity index is 3.18. The van der Waals surface area contributed by atoms with Crippen molar-refractivity contribution in [1.29, 1.82) is 5.26 Å². The molecule has 0 aliphatic carbocycles. The molecule has 0 aliphatic heterocycles. The molecule has 0 heterocycles. The van der Waals surface area contributed by atoms with E-state index in [0.29, 0.717) is 25.9 Å². The van der Waals surface area contributed by atoms with Crippen LogP contribution in [0.4, 0.5) is 0 Å². The lowest BCUT2D eigenvalue weighted by Gasteiger charge is -2.00. The normalized spacial score (nSPS) is 11.0. The standard InChI is InChI=1S/C7H14N2O2S/c1-12(10,11)7-3-6-9-5-2-4-8/h9H,2-3,5-7H2,1H3. The number of nitriles is 1. The molecule has 0 aromatic carbocycles. The summed E-state index contributed by atoms with van der Waals surface area (Å²) in [4.78, 5) is 0. The van der Waals surface area contributed by atoms with E-state index >= 15 is 0 Å². The highest BCUT2D eigenvalue weighted by atomic mass is 32.2. The van der Waals surface area contributed by atoms with E-state index in [-0.39, 0.29) is 5.75 Å². The fraction of sp³-hybridized carbons (Fsp3) is 0.857. The summed E-state index contributed by atoms with van der Waals surface area (Å²) in [5, 5.41) is 11.1. The van der Waals surface area contributed by atoms with Gasteiger partial charge in [-0.1, -0.05) is 0 Å². The Bertz CT molecular complexity index is 241. The molecule has 0 rings (SSSR count). The number of hydrogen-bond acceptors (Lipinski definition) is 4. The second-order valence-corrected chi connectivity index (χ2v) is 4.90. The lowest BCUT2D eigenvalue weighted by molar-refractivity contribution is 0.595. The van der Waals surface area contributed by atoms with Gasteiger partial charge in [-0.05, 0) is 13.0 Å². The number of nitrogens with zero attached hydrogens (tertiary/aromatic N) is 1. The Hall–Kier alpha value is -0.600. The third-order valence-corrected chi connectivity index (χ3v) is 2.31. The first kappa shape index (κ1) is 11.4. The van der Waals surface area contributed by atoms with Crippen LogP contribution in [0, 0.1) is 11.3 Å². The van der Waals surface area contributed by atoms with Crippen molar-refractivity contribution in [2.24, 2.45) is 0 Å². The molecule has 0 saturated carbocycles. The predicted molar refractivity (Wildman–Crippen MR) is 47.4 cm³/mol. The van der Waals surface area contributed by atoms with Crippen LogP contribution in [0.15, 0.2) is 0 Å². The monoisotopic (exact) mass is 190 g/mol. The van der Waals surface area contributed by atoms with Crippen molar-refractivity contribution < 1.29 is 8.42 Å². The van der Waals surface area contributed by atoms with Crippen LogP contribution in [0.1, 0.15) is 12.8 Å². The molecular formula is C7H14N2O2S. The highest BCUT2D eigenvalue weighted by molar-refractivity contribution is 7.90. The Labute approximate surface area is 73.5 Å². The van der Waals surface area contributed by atoms with E-state index in [0.717, 1.165) is 0 Å². The molecule has 0 saturated heterocycles. The van der Waals surface area contributed by atoms with E-state index < -0.39 is 9.84 Å². The van der Waals surface area contributed by atoms with E-state index in [1.807, 2.05) is 6.07 Å². The molecule has 4 nitrogen and oxygen atoms in total. The molecule has 0 amide bonds. The Morgan fingerprint density at radius 2 is 2.08 bits per heavy atom. The van der Waals surface area contributed by atoms with E-state index in [9.17, 15) is 8.42 Å². The van der Waals surface area contributed by atoms with Gasteiger partial charge in [-0.15, -0.1) is 0 Å². The summed E-state index contributed by atoms with van der Waals surface area (Å²) in [6.07, 6.45) is 2.31. The third-order valence-electron chi connectivity index (χ3n) is 1.28. The zero-order chi connectivity index (χ0) is 9.45. The zero-order valence-electron chi connectivity index (χ0n) is 7.21.